The number of rotatable bonds is 8. The number of nitrogens with zero attached hydrogens (tertiary/aromatic N) is 3. The topological polar surface area (TPSA) is 56.2 Å². The molecule has 1 fully saturated rings. The van der Waals surface area contributed by atoms with Gasteiger partial charge in [0.15, 0.2) is 0 Å². The Labute approximate surface area is 187 Å². The number of hydrogen-bond donors (Lipinski definition) is 1. The van der Waals surface area contributed by atoms with Crippen molar-refractivity contribution in [3.05, 3.63) is 91.1 Å². The van der Waals surface area contributed by atoms with E-state index in [2.05, 4.69) is 55.6 Å². The van der Waals surface area contributed by atoms with Gasteiger partial charge in [-0.3, -0.25) is 4.40 Å². The number of nitrogens with two attached hydrogens (primary N) is 1. The summed E-state index contributed by atoms with van der Waals surface area (Å²) in [6, 6.07) is 0. The van der Waals surface area contributed by atoms with Gasteiger partial charge in [-0.2, -0.15) is 0 Å². The van der Waals surface area contributed by atoms with Crippen LogP contribution in [0.4, 0.5) is 0 Å². The van der Waals surface area contributed by atoms with E-state index in [9.17, 15) is 0 Å². The van der Waals surface area contributed by atoms with E-state index in [4.69, 9.17) is 10.7 Å². The van der Waals surface area contributed by atoms with Crippen molar-refractivity contribution in [3.63, 3.8) is 0 Å². The van der Waals surface area contributed by atoms with Crippen LogP contribution in [0.5, 0.6) is 0 Å². The molecule has 0 bridgehead atoms. The Balaban J connectivity index is 0.00000166. The minimum absolute atomic E-state index is 0.254. The van der Waals surface area contributed by atoms with E-state index >= 15 is 0 Å². The fourth-order valence-corrected chi connectivity index (χ4v) is 3.52. The quantitative estimate of drug-likeness (QED) is 0.488. The molecule has 0 atom stereocenters. The van der Waals surface area contributed by atoms with Gasteiger partial charge < -0.3 is 5.73 Å². The van der Waals surface area contributed by atoms with E-state index in [-0.39, 0.29) is 5.54 Å². The van der Waals surface area contributed by atoms with E-state index in [1.807, 2.05) is 43.5 Å². The first kappa shape index (κ1) is 24.3. The summed E-state index contributed by atoms with van der Waals surface area (Å²) in [6.45, 7) is 16.2. The highest BCUT2D eigenvalue weighted by Crippen LogP contribution is 2.36. The van der Waals surface area contributed by atoms with Crippen molar-refractivity contribution in [2.24, 2.45) is 5.73 Å². The van der Waals surface area contributed by atoms with Gasteiger partial charge >= 0.3 is 0 Å². The fourth-order valence-electron chi connectivity index (χ4n) is 3.52. The zero-order valence-corrected chi connectivity index (χ0v) is 19.4. The van der Waals surface area contributed by atoms with Gasteiger partial charge in [0.25, 0.3) is 0 Å². The second kappa shape index (κ2) is 11.4. The Morgan fingerprint density at radius 2 is 1.97 bits per heavy atom. The Morgan fingerprint density at radius 1 is 1.23 bits per heavy atom. The van der Waals surface area contributed by atoms with E-state index in [1.165, 1.54) is 6.42 Å². The first-order valence-electron chi connectivity index (χ1n) is 11.2. The zero-order valence-electron chi connectivity index (χ0n) is 19.4. The van der Waals surface area contributed by atoms with Crippen LogP contribution >= 0.6 is 0 Å². The van der Waals surface area contributed by atoms with Gasteiger partial charge in [0.2, 0.25) is 5.78 Å². The second-order valence-electron chi connectivity index (χ2n) is 7.43. The van der Waals surface area contributed by atoms with Crippen LogP contribution in [0.15, 0.2) is 79.9 Å². The standard InChI is InChI=1S/C25H30N4.C2H6/c1-5-9-20(10-6-2)22-18-29-17-16-27-24(29)28-23(22)21(11-7-3)13-12-19(4)25(26)14-8-15-25;1-2/h5-6,9-13,16-18H,1,4,7-8,14-15,26H2,2-3H3;1-2H3/b10-6-,13-12-,20-9+,21-11+;. The summed E-state index contributed by atoms with van der Waals surface area (Å²) in [5.41, 5.74) is 11.2. The minimum Gasteiger partial charge on any atom is -0.321 e. The largest absolute Gasteiger partial charge is 0.321 e. The summed E-state index contributed by atoms with van der Waals surface area (Å²) in [5.74, 6) is 0.672. The second-order valence-corrected chi connectivity index (χ2v) is 7.43. The van der Waals surface area contributed by atoms with Crippen molar-refractivity contribution >= 4 is 16.9 Å². The Kier molecular flexibility index (Phi) is 8.95. The molecule has 31 heavy (non-hydrogen) atoms. The highest BCUT2D eigenvalue weighted by atomic mass is 15.1. The molecule has 2 aromatic rings. The van der Waals surface area contributed by atoms with Crippen molar-refractivity contribution in [2.45, 2.75) is 58.9 Å². The van der Waals surface area contributed by atoms with Crippen molar-refractivity contribution in [3.8, 4) is 0 Å². The third-order valence-corrected chi connectivity index (χ3v) is 5.38. The number of allylic oxidation sites excluding steroid dienone is 8. The summed E-state index contributed by atoms with van der Waals surface area (Å²) in [7, 11) is 0. The summed E-state index contributed by atoms with van der Waals surface area (Å²) in [6.07, 6.45) is 24.0. The Hall–Kier alpha value is -2.98. The summed E-state index contributed by atoms with van der Waals surface area (Å²) >= 11 is 0. The first-order chi connectivity index (χ1) is 15.0. The highest BCUT2D eigenvalue weighted by Gasteiger charge is 2.34. The lowest BCUT2D eigenvalue weighted by Gasteiger charge is -2.39. The Morgan fingerprint density at radius 3 is 2.55 bits per heavy atom. The molecular weight excluding hydrogens is 380 g/mol. The van der Waals surface area contributed by atoms with Crippen molar-refractivity contribution in [1.82, 2.24) is 14.4 Å². The molecule has 2 N–H and O–H groups in total. The van der Waals surface area contributed by atoms with Crippen LogP contribution in [-0.4, -0.2) is 19.9 Å². The molecule has 2 aromatic heterocycles. The van der Waals surface area contributed by atoms with E-state index in [1.54, 1.807) is 12.3 Å². The van der Waals surface area contributed by atoms with E-state index in [0.29, 0.717) is 5.78 Å². The monoisotopic (exact) mass is 416 g/mol. The summed E-state index contributed by atoms with van der Waals surface area (Å²) in [4.78, 5) is 9.25. The average Bonchev–Trinajstić information content (AvgIpc) is 3.22. The van der Waals surface area contributed by atoms with Crippen LogP contribution in [-0.2, 0) is 0 Å². The lowest BCUT2D eigenvalue weighted by Crippen LogP contribution is -2.47. The number of hydrogen-bond acceptors (Lipinski definition) is 3. The van der Waals surface area contributed by atoms with Gasteiger partial charge in [-0.15, -0.1) is 0 Å². The molecule has 2 heterocycles. The number of fused-ring (bicyclic) bond motifs is 1. The van der Waals surface area contributed by atoms with E-state index < -0.39 is 0 Å². The molecule has 1 aliphatic carbocycles. The predicted octanol–water partition coefficient (Wildman–Crippen LogP) is 6.69. The molecule has 1 saturated carbocycles. The molecule has 0 unspecified atom stereocenters. The molecule has 0 spiro atoms. The Bertz CT molecular complexity index is 1030. The number of imidazole rings is 1. The third-order valence-electron chi connectivity index (χ3n) is 5.38. The fraction of sp³-hybridized carbons (Fsp3) is 0.333. The average molecular weight is 417 g/mol. The van der Waals surface area contributed by atoms with Crippen LogP contribution in [0.1, 0.15) is 64.6 Å². The molecule has 0 aliphatic heterocycles. The van der Waals surface area contributed by atoms with Gasteiger partial charge in [-0.1, -0.05) is 76.5 Å². The van der Waals surface area contributed by atoms with Crippen molar-refractivity contribution in [2.75, 3.05) is 0 Å². The molecule has 0 saturated heterocycles. The molecule has 1 aliphatic rings. The van der Waals surface area contributed by atoms with Crippen molar-refractivity contribution < 1.29 is 0 Å². The maximum atomic E-state index is 6.43. The van der Waals surface area contributed by atoms with E-state index in [0.717, 1.165) is 47.2 Å². The van der Waals surface area contributed by atoms with Gasteiger partial charge in [0.1, 0.15) is 0 Å². The van der Waals surface area contributed by atoms with Gasteiger partial charge in [0.05, 0.1) is 5.69 Å². The van der Waals surface area contributed by atoms with Crippen LogP contribution in [0.3, 0.4) is 0 Å². The molecule has 4 heteroatoms. The maximum absolute atomic E-state index is 6.43. The van der Waals surface area contributed by atoms with Crippen LogP contribution in [0, 0.1) is 0 Å². The predicted molar refractivity (Wildman–Crippen MR) is 135 cm³/mol. The minimum atomic E-state index is -0.254. The van der Waals surface area contributed by atoms with Crippen LogP contribution in [0.2, 0.25) is 0 Å². The molecular formula is C27H36N4. The van der Waals surface area contributed by atoms with Crippen LogP contribution < -0.4 is 5.73 Å². The molecule has 0 amide bonds. The maximum Gasteiger partial charge on any atom is 0.234 e. The lowest BCUT2D eigenvalue weighted by atomic mass is 9.72. The van der Waals surface area contributed by atoms with Gasteiger partial charge in [0, 0.05) is 29.7 Å². The molecule has 0 radical (unpaired) electrons. The summed E-state index contributed by atoms with van der Waals surface area (Å²) in [5, 5.41) is 0. The zero-order chi connectivity index (χ0) is 22.9. The smallest absolute Gasteiger partial charge is 0.234 e. The van der Waals surface area contributed by atoms with Crippen LogP contribution in [0.25, 0.3) is 16.9 Å². The lowest BCUT2D eigenvalue weighted by molar-refractivity contribution is 0.305. The third kappa shape index (κ3) is 5.59. The van der Waals surface area contributed by atoms with Crippen molar-refractivity contribution in [1.29, 1.82) is 0 Å². The van der Waals surface area contributed by atoms with Gasteiger partial charge in [-0.25, -0.2) is 9.97 Å². The van der Waals surface area contributed by atoms with Gasteiger partial charge in [-0.05, 0) is 49.3 Å². The molecule has 3 rings (SSSR count). The normalized spacial score (nSPS) is 16.3. The first-order valence-corrected chi connectivity index (χ1v) is 11.2. The highest BCUT2D eigenvalue weighted by molar-refractivity contribution is 5.86. The summed E-state index contributed by atoms with van der Waals surface area (Å²) < 4.78 is 1.94. The SMILES string of the molecule is C=C/C=C(\C=C/C)c1cn2ccnc2nc1C(/C=C\C(=C)C1(N)CCC1)=C/CC.CC. The molecule has 4 nitrogen and oxygen atoms in total. The molecule has 0 aromatic carbocycles. The molecule has 164 valence electrons. The number of aromatic nitrogens is 3.